The van der Waals surface area contributed by atoms with Gasteiger partial charge in [-0.15, -0.1) is 0 Å². The molecule has 0 bridgehead atoms. The summed E-state index contributed by atoms with van der Waals surface area (Å²) in [6, 6.07) is 11.4. The SMILES string of the molecule is Cn1ccc(NC(=O)c2ccn(COc3ccc(C(C)(C)C)cc3)n2)n1. The average molecular weight is 353 g/mol. The van der Waals surface area contributed by atoms with Crippen LogP contribution in [0.15, 0.2) is 48.8 Å². The van der Waals surface area contributed by atoms with Gasteiger partial charge in [0.1, 0.15) is 5.75 Å². The van der Waals surface area contributed by atoms with Crippen LogP contribution in [0.5, 0.6) is 5.75 Å². The zero-order chi connectivity index (χ0) is 18.7. The molecular formula is C19H23N5O2. The number of rotatable bonds is 5. The number of anilines is 1. The van der Waals surface area contributed by atoms with Crippen LogP contribution in [-0.4, -0.2) is 25.5 Å². The molecular weight excluding hydrogens is 330 g/mol. The highest BCUT2D eigenvalue weighted by Crippen LogP contribution is 2.24. The van der Waals surface area contributed by atoms with Gasteiger partial charge in [-0.3, -0.25) is 9.48 Å². The fourth-order valence-electron chi connectivity index (χ4n) is 2.41. The maximum absolute atomic E-state index is 12.2. The van der Waals surface area contributed by atoms with Gasteiger partial charge in [0.15, 0.2) is 18.2 Å². The van der Waals surface area contributed by atoms with Gasteiger partial charge in [0, 0.05) is 25.5 Å². The molecule has 1 amide bonds. The summed E-state index contributed by atoms with van der Waals surface area (Å²) >= 11 is 0. The molecule has 136 valence electrons. The van der Waals surface area contributed by atoms with Crippen molar-refractivity contribution < 1.29 is 9.53 Å². The van der Waals surface area contributed by atoms with Crippen LogP contribution in [0.2, 0.25) is 0 Å². The van der Waals surface area contributed by atoms with Gasteiger partial charge in [0.05, 0.1) is 0 Å². The number of benzene rings is 1. The number of carbonyl (C=O) groups excluding carboxylic acids is 1. The molecule has 0 atom stereocenters. The van der Waals surface area contributed by atoms with E-state index in [4.69, 9.17) is 4.74 Å². The van der Waals surface area contributed by atoms with Crippen molar-refractivity contribution >= 4 is 11.7 Å². The van der Waals surface area contributed by atoms with E-state index in [0.717, 1.165) is 5.75 Å². The molecule has 1 aromatic carbocycles. The lowest BCUT2D eigenvalue weighted by Gasteiger charge is -2.19. The van der Waals surface area contributed by atoms with Gasteiger partial charge in [-0.2, -0.15) is 10.2 Å². The predicted molar refractivity (Wildman–Crippen MR) is 99.2 cm³/mol. The molecule has 0 fully saturated rings. The predicted octanol–water partition coefficient (Wildman–Crippen LogP) is 3.20. The minimum Gasteiger partial charge on any atom is -0.471 e. The van der Waals surface area contributed by atoms with Crippen molar-refractivity contribution in [1.82, 2.24) is 19.6 Å². The highest BCUT2D eigenvalue weighted by atomic mass is 16.5. The third-order valence-corrected chi connectivity index (χ3v) is 3.91. The molecule has 0 aliphatic carbocycles. The maximum atomic E-state index is 12.2. The fraction of sp³-hybridized carbons (Fsp3) is 0.316. The number of carbonyl (C=O) groups is 1. The molecule has 7 nitrogen and oxygen atoms in total. The van der Waals surface area contributed by atoms with E-state index >= 15 is 0 Å². The van der Waals surface area contributed by atoms with Crippen molar-refractivity contribution in [2.45, 2.75) is 32.9 Å². The largest absolute Gasteiger partial charge is 0.471 e. The highest BCUT2D eigenvalue weighted by molar-refractivity contribution is 6.02. The third kappa shape index (κ3) is 4.30. The first-order valence-electron chi connectivity index (χ1n) is 8.39. The minimum absolute atomic E-state index is 0.108. The monoisotopic (exact) mass is 353 g/mol. The van der Waals surface area contributed by atoms with Crippen molar-refractivity contribution in [1.29, 1.82) is 0 Å². The molecule has 0 spiro atoms. The summed E-state index contributed by atoms with van der Waals surface area (Å²) in [4.78, 5) is 12.2. The number of aryl methyl sites for hydroxylation is 1. The van der Waals surface area contributed by atoms with Crippen molar-refractivity contribution in [3.8, 4) is 5.75 Å². The smallest absolute Gasteiger partial charge is 0.277 e. The van der Waals surface area contributed by atoms with Crippen LogP contribution in [0.4, 0.5) is 5.82 Å². The first-order valence-corrected chi connectivity index (χ1v) is 8.39. The second-order valence-electron chi connectivity index (χ2n) is 7.12. The van der Waals surface area contributed by atoms with E-state index in [1.165, 1.54) is 5.56 Å². The lowest BCUT2D eigenvalue weighted by atomic mass is 9.87. The van der Waals surface area contributed by atoms with Gasteiger partial charge in [0.2, 0.25) is 0 Å². The molecule has 3 rings (SSSR count). The molecule has 26 heavy (non-hydrogen) atoms. The zero-order valence-electron chi connectivity index (χ0n) is 15.4. The van der Waals surface area contributed by atoms with Crippen LogP contribution >= 0.6 is 0 Å². The summed E-state index contributed by atoms with van der Waals surface area (Å²) < 4.78 is 8.92. The lowest BCUT2D eigenvalue weighted by molar-refractivity contribution is 0.102. The summed E-state index contributed by atoms with van der Waals surface area (Å²) in [6.07, 6.45) is 3.46. The van der Waals surface area contributed by atoms with Crippen molar-refractivity contribution in [3.63, 3.8) is 0 Å². The first-order chi connectivity index (χ1) is 12.3. The van der Waals surface area contributed by atoms with Gasteiger partial charge >= 0.3 is 0 Å². The van der Waals surface area contributed by atoms with Crippen LogP contribution < -0.4 is 10.1 Å². The molecule has 2 aromatic heterocycles. The van der Waals surface area contributed by atoms with E-state index in [9.17, 15) is 4.79 Å². The Balaban J connectivity index is 1.57. The summed E-state index contributed by atoms with van der Waals surface area (Å²) in [5, 5.41) is 11.0. The quantitative estimate of drug-likeness (QED) is 0.764. The summed E-state index contributed by atoms with van der Waals surface area (Å²) in [7, 11) is 1.79. The van der Waals surface area contributed by atoms with Gasteiger partial charge in [0.25, 0.3) is 5.91 Å². The molecule has 0 saturated carbocycles. The van der Waals surface area contributed by atoms with Gasteiger partial charge < -0.3 is 10.1 Å². The molecule has 3 aromatic rings. The van der Waals surface area contributed by atoms with E-state index in [1.54, 1.807) is 40.9 Å². The van der Waals surface area contributed by atoms with Crippen LogP contribution in [-0.2, 0) is 19.2 Å². The van der Waals surface area contributed by atoms with Gasteiger partial charge in [-0.05, 0) is 29.2 Å². The topological polar surface area (TPSA) is 74.0 Å². The number of nitrogens with zero attached hydrogens (tertiary/aromatic N) is 4. The van der Waals surface area contributed by atoms with E-state index in [-0.39, 0.29) is 18.1 Å². The summed E-state index contributed by atoms with van der Waals surface area (Å²) in [5.41, 5.74) is 1.66. The molecule has 0 aliphatic rings. The van der Waals surface area contributed by atoms with Crippen molar-refractivity contribution in [3.05, 3.63) is 60.0 Å². The van der Waals surface area contributed by atoms with Gasteiger partial charge in [-0.1, -0.05) is 32.9 Å². The molecule has 0 unspecified atom stereocenters. The van der Waals surface area contributed by atoms with Gasteiger partial charge in [-0.25, -0.2) is 4.68 Å². The number of nitrogens with one attached hydrogen (secondary N) is 1. The average Bonchev–Trinajstić information content (AvgIpc) is 3.21. The Labute approximate surface area is 152 Å². The Hall–Kier alpha value is -3.09. The molecule has 7 heteroatoms. The number of hydrogen-bond acceptors (Lipinski definition) is 4. The van der Waals surface area contributed by atoms with Crippen LogP contribution in [0, 0.1) is 0 Å². The Morgan fingerprint density at radius 2 is 1.81 bits per heavy atom. The summed E-state index contributed by atoms with van der Waals surface area (Å²) in [6.45, 7) is 6.74. The molecule has 0 saturated heterocycles. The standard InChI is InChI=1S/C19H23N5O2/c1-19(2,3)14-5-7-15(8-6-14)26-13-24-12-9-16(21-24)18(25)20-17-10-11-23(4)22-17/h5-12H,13H2,1-4H3,(H,20,22,25). The van der Waals surface area contributed by atoms with Crippen LogP contribution in [0.1, 0.15) is 36.8 Å². The van der Waals surface area contributed by atoms with E-state index < -0.39 is 0 Å². The Kier molecular flexibility index (Phi) is 4.79. The molecule has 2 heterocycles. The molecule has 0 aliphatic heterocycles. The van der Waals surface area contributed by atoms with Crippen molar-refractivity contribution in [2.75, 3.05) is 5.32 Å². The van der Waals surface area contributed by atoms with Crippen molar-refractivity contribution in [2.24, 2.45) is 7.05 Å². The first kappa shape index (κ1) is 17.7. The second kappa shape index (κ2) is 7.03. The molecule has 1 N–H and O–H groups in total. The number of hydrogen-bond donors (Lipinski definition) is 1. The zero-order valence-corrected chi connectivity index (χ0v) is 15.4. The summed E-state index contributed by atoms with van der Waals surface area (Å²) in [5.74, 6) is 0.937. The van der Waals surface area contributed by atoms with Crippen LogP contribution in [0.3, 0.4) is 0 Å². The van der Waals surface area contributed by atoms with E-state index in [0.29, 0.717) is 11.5 Å². The Morgan fingerprint density at radius 3 is 2.42 bits per heavy atom. The van der Waals surface area contributed by atoms with E-state index in [1.807, 2.05) is 12.1 Å². The number of aromatic nitrogens is 4. The third-order valence-electron chi connectivity index (χ3n) is 3.91. The Morgan fingerprint density at radius 1 is 1.08 bits per heavy atom. The van der Waals surface area contributed by atoms with Crippen LogP contribution in [0.25, 0.3) is 0 Å². The molecule has 0 radical (unpaired) electrons. The highest BCUT2D eigenvalue weighted by Gasteiger charge is 2.13. The lowest BCUT2D eigenvalue weighted by Crippen LogP contribution is -2.15. The Bertz CT molecular complexity index is 887. The van der Waals surface area contributed by atoms with E-state index in [2.05, 4.69) is 48.4 Å². The minimum atomic E-state index is -0.308. The number of ether oxygens (including phenoxy) is 1. The number of amides is 1. The maximum Gasteiger partial charge on any atom is 0.277 e. The second-order valence-corrected chi connectivity index (χ2v) is 7.12. The normalized spacial score (nSPS) is 11.4. The fourth-order valence-corrected chi connectivity index (χ4v) is 2.41.